The number of aryl methyl sites for hydroxylation is 1. The van der Waals surface area contributed by atoms with Crippen molar-refractivity contribution in [3.63, 3.8) is 0 Å². The summed E-state index contributed by atoms with van der Waals surface area (Å²) in [7, 11) is 2.98. The van der Waals surface area contributed by atoms with Crippen LogP contribution in [0.4, 0.5) is 0 Å². The molecule has 0 saturated heterocycles. The van der Waals surface area contributed by atoms with E-state index in [1.807, 2.05) is 50.2 Å². The van der Waals surface area contributed by atoms with Crippen molar-refractivity contribution in [1.29, 1.82) is 0 Å². The Morgan fingerprint density at radius 3 is 2.60 bits per heavy atom. The number of carbonyl (C=O) groups excluding carboxylic acids is 2. The van der Waals surface area contributed by atoms with Crippen LogP contribution in [-0.4, -0.2) is 26.0 Å². The summed E-state index contributed by atoms with van der Waals surface area (Å²) >= 11 is 0. The van der Waals surface area contributed by atoms with E-state index in [1.54, 1.807) is 7.11 Å². The van der Waals surface area contributed by atoms with Gasteiger partial charge in [0.25, 0.3) is 0 Å². The number of hydrogen-bond donors (Lipinski definition) is 1. The quantitative estimate of drug-likeness (QED) is 0.768. The molecule has 30 heavy (non-hydrogen) atoms. The molecule has 0 bridgehead atoms. The molecule has 2 heterocycles. The van der Waals surface area contributed by atoms with Crippen LogP contribution < -0.4 is 10.1 Å². The van der Waals surface area contributed by atoms with Gasteiger partial charge in [-0.2, -0.15) is 0 Å². The number of dihydropyridines is 1. The van der Waals surface area contributed by atoms with Crippen molar-refractivity contribution in [3.05, 3.63) is 76.0 Å². The van der Waals surface area contributed by atoms with Gasteiger partial charge in [0.05, 0.1) is 25.7 Å². The molecule has 1 N–H and O–H groups in total. The molecule has 0 amide bonds. The smallest absolute Gasteiger partial charge is 0.336 e. The minimum absolute atomic E-state index is 0.00419. The first kappa shape index (κ1) is 20.0. The fourth-order valence-electron chi connectivity index (χ4n) is 4.44. The Labute approximate surface area is 175 Å². The number of nitrogens with one attached hydrogen (secondary N) is 1. The predicted octanol–water partition coefficient (Wildman–Crippen LogP) is 4.13. The number of carbonyl (C=O) groups is 2. The summed E-state index contributed by atoms with van der Waals surface area (Å²) in [5, 5.41) is 3.31. The lowest BCUT2D eigenvalue weighted by Crippen LogP contribution is -2.35. The molecule has 0 fully saturated rings. The standard InChI is InChI=1S/C24H25NO5/c1-13-8-9-20(30-13)23-21(24(27)29-4)14(2)25-18-11-16(12-19(26)22(18)23)15-6-5-7-17(10-15)28-3/h5-10,16,23,25H,11-12H2,1-4H3/t16-,23+/m1/s1. The van der Waals surface area contributed by atoms with Crippen LogP contribution in [0.3, 0.4) is 0 Å². The Hall–Kier alpha value is -3.28. The van der Waals surface area contributed by atoms with Crippen LogP contribution in [0.25, 0.3) is 0 Å². The normalized spacial score (nSPS) is 21.3. The van der Waals surface area contributed by atoms with Crippen LogP contribution in [0, 0.1) is 6.92 Å². The molecule has 156 valence electrons. The van der Waals surface area contributed by atoms with Crippen LogP contribution in [0.1, 0.15) is 48.7 Å². The molecule has 0 saturated carbocycles. The summed E-state index contributed by atoms with van der Waals surface area (Å²) in [5.41, 5.74) is 3.58. The highest BCUT2D eigenvalue weighted by Gasteiger charge is 2.42. The Bertz CT molecular complexity index is 1070. The fraction of sp³-hybridized carbons (Fsp3) is 0.333. The van der Waals surface area contributed by atoms with Gasteiger partial charge in [-0.25, -0.2) is 4.79 Å². The van der Waals surface area contributed by atoms with Crippen molar-refractivity contribution in [1.82, 2.24) is 5.32 Å². The zero-order valence-corrected chi connectivity index (χ0v) is 17.6. The minimum Gasteiger partial charge on any atom is -0.497 e. The van der Waals surface area contributed by atoms with Crippen LogP contribution in [0.5, 0.6) is 5.75 Å². The fourth-order valence-corrected chi connectivity index (χ4v) is 4.44. The van der Waals surface area contributed by atoms with E-state index in [9.17, 15) is 9.59 Å². The predicted molar refractivity (Wildman–Crippen MR) is 111 cm³/mol. The molecule has 0 spiro atoms. The van der Waals surface area contributed by atoms with Gasteiger partial charge in [0.2, 0.25) is 0 Å². The van der Waals surface area contributed by atoms with Crippen LogP contribution >= 0.6 is 0 Å². The van der Waals surface area contributed by atoms with Gasteiger partial charge in [-0.3, -0.25) is 4.79 Å². The van der Waals surface area contributed by atoms with E-state index in [4.69, 9.17) is 13.9 Å². The highest BCUT2D eigenvalue weighted by Crippen LogP contribution is 2.46. The van der Waals surface area contributed by atoms with Gasteiger partial charge < -0.3 is 19.2 Å². The number of allylic oxidation sites excluding steroid dienone is 3. The molecule has 6 nitrogen and oxygen atoms in total. The average molecular weight is 407 g/mol. The number of hydrogen-bond acceptors (Lipinski definition) is 6. The monoisotopic (exact) mass is 407 g/mol. The number of benzene rings is 1. The molecule has 2 atom stereocenters. The lowest BCUT2D eigenvalue weighted by atomic mass is 9.73. The summed E-state index contributed by atoms with van der Waals surface area (Å²) in [6.45, 7) is 3.67. The third kappa shape index (κ3) is 3.43. The van der Waals surface area contributed by atoms with Gasteiger partial charge >= 0.3 is 5.97 Å². The number of methoxy groups -OCH3 is 2. The maximum absolute atomic E-state index is 13.4. The second-order valence-electron chi connectivity index (χ2n) is 7.73. The Morgan fingerprint density at radius 2 is 1.93 bits per heavy atom. The topological polar surface area (TPSA) is 77.8 Å². The van der Waals surface area contributed by atoms with Crippen molar-refractivity contribution in [2.45, 2.75) is 38.5 Å². The Kier molecular flexibility index (Phi) is 5.24. The minimum atomic E-state index is -0.568. The van der Waals surface area contributed by atoms with Crippen LogP contribution in [-0.2, 0) is 14.3 Å². The lowest BCUT2D eigenvalue weighted by Gasteiger charge is -2.35. The van der Waals surface area contributed by atoms with Gasteiger partial charge in [0.1, 0.15) is 17.3 Å². The summed E-state index contributed by atoms with van der Waals surface area (Å²) in [5.74, 6) is 1.08. The number of ketones is 1. The molecule has 2 aliphatic rings. The number of rotatable bonds is 4. The number of ether oxygens (including phenoxy) is 2. The van der Waals surface area contributed by atoms with Gasteiger partial charge in [-0.1, -0.05) is 12.1 Å². The van der Waals surface area contributed by atoms with Crippen molar-refractivity contribution in [2.24, 2.45) is 0 Å². The van der Waals surface area contributed by atoms with E-state index in [1.165, 1.54) is 7.11 Å². The number of furan rings is 1. The second kappa shape index (κ2) is 7.86. The zero-order valence-electron chi connectivity index (χ0n) is 17.6. The highest BCUT2D eigenvalue weighted by atomic mass is 16.5. The maximum atomic E-state index is 13.4. The Balaban J connectivity index is 1.78. The maximum Gasteiger partial charge on any atom is 0.336 e. The van der Waals surface area contributed by atoms with Gasteiger partial charge in [-0.05, 0) is 56.0 Å². The summed E-state index contributed by atoms with van der Waals surface area (Å²) in [6, 6.07) is 11.5. The zero-order chi connectivity index (χ0) is 21.4. The van der Waals surface area contributed by atoms with E-state index >= 15 is 0 Å². The van der Waals surface area contributed by atoms with Gasteiger partial charge in [0, 0.05) is 23.4 Å². The van der Waals surface area contributed by atoms with E-state index in [2.05, 4.69) is 5.32 Å². The number of Topliss-reactive ketones (excluding diaryl/α,β-unsaturated/α-hetero) is 1. The van der Waals surface area contributed by atoms with Crippen LogP contribution in [0.2, 0.25) is 0 Å². The van der Waals surface area contributed by atoms with Gasteiger partial charge in [0.15, 0.2) is 5.78 Å². The van der Waals surface area contributed by atoms with E-state index in [0.717, 1.165) is 22.8 Å². The molecular formula is C24H25NO5. The molecule has 1 aliphatic carbocycles. The van der Waals surface area contributed by atoms with Crippen molar-refractivity contribution >= 4 is 11.8 Å². The molecule has 0 radical (unpaired) electrons. The highest BCUT2D eigenvalue weighted by molar-refractivity contribution is 6.04. The first-order valence-electron chi connectivity index (χ1n) is 9.95. The van der Waals surface area contributed by atoms with Crippen molar-refractivity contribution in [3.8, 4) is 5.75 Å². The molecule has 4 rings (SSSR count). The van der Waals surface area contributed by atoms with E-state index < -0.39 is 11.9 Å². The van der Waals surface area contributed by atoms with Crippen molar-refractivity contribution < 1.29 is 23.5 Å². The third-order valence-corrected chi connectivity index (χ3v) is 5.84. The first-order valence-corrected chi connectivity index (χ1v) is 9.95. The molecule has 1 aromatic heterocycles. The first-order chi connectivity index (χ1) is 14.4. The summed E-state index contributed by atoms with van der Waals surface area (Å²) in [4.78, 5) is 26.0. The molecule has 1 aromatic carbocycles. The molecular weight excluding hydrogens is 382 g/mol. The second-order valence-corrected chi connectivity index (χ2v) is 7.73. The summed E-state index contributed by atoms with van der Waals surface area (Å²) < 4.78 is 16.2. The lowest BCUT2D eigenvalue weighted by molar-refractivity contribution is -0.136. The molecule has 0 unspecified atom stereocenters. The summed E-state index contributed by atoms with van der Waals surface area (Å²) in [6.07, 6.45) is 1.02. The van der Waals surface area contributed by atoms with Crippen molar-refractivity contribution in [2.75, 3.05) is 14.2 Å². The molecule has 6 heteroatoms. The van der Waals surface area contributed by atoms with E-state index in [-0.39, 0.29) is 11.7 Å². The average Bonchev–Trinajstić information content (AvgIpc) is 3.18. The molecule has 1 aliphatic heterocycles. The van der Waals surface area contributed by atoms with Crippen LogP contribution in [0.15, 0.2) is 63.4 Å². The molecule has 2 aromatic rings. The SMILES string of the molecule is COC(=O)C1=C(C)NC2=C(C(=O)C[C@H](c3cccc(OC)c3)C2)[C@H]1c1ccc(C)o1. The largest absolute Gasteiger partial charge is 0.497 e. The van der Waals surface area contributed by atoms with E-state index in [0.29, 0.717) is 35.4 Å². The third-order valence-electron chi connectivity index (χ3n) is 5.84. The Morgan fingerprint density at radius 1 is 1.13 bits per heavy atom. The van der Waals surface area contributed by atoms with Gasteiger partial charge in [-0.15, -0.1) is 0 Å². The number of esters is 1.